The summed E-state index contributed by atoms with van der Waals surface area (Å²) in [6.07, 6.45) is 3.44. The zero-order valence-electron chi connectivity index (χ0n) is 9.48. The topological polar surface area (TPSA) is 37.3 Å². The first-order valence-corrected chi connectivity index (χ1v) is 5.38. The first-order chi connectivity index (χ1) is 7.06. The highest BCUT2D eigenvalue weighted by Gasteiger charge is 2.37. The Morgan fingerprint density at radius 2 is 2.07 bits per heavy atom. The SMILES string of the molecule is CC#CCC(F)(CCCCCC)C(=O)O. The largest absolute Gasteiger partial charge is 0.479 e. The number of carboxylic acids is 1. The fourth-order valence-electron chi connectivity index (χ4n) is 1.33. The number of rotatable bonds is 7. The molecule has 0 bridgehead atoms. The van der Waals surface area contributed by atoms with E-state index in [4.69, 9.17) is 5.11 Å². The van der Waals surface area contributed by atoms with Crippen LogP contribution in [0.4, 0.5) is 4.39 Å². The molecule has 0 aromatic carbocycles. The molecule has 0 rings (SSSR count). The summed E-state index contributed by atoms with van der Waals surface area (Å²) in [5, 5.41) is 8.77. The van der Waals surface area contributed by atoms with Crippen LogP contribution in [-0.4, -0.2) is 16.7 Å². The van der Waals surface area contributed by atoms with Gasteiger partial charge in [0.2, 0.25) is 5.67 Å². The zero-order chi connectivity index (χ0) is 11.7. The van der Waals surface area contributed by atoms with E-state index in [1.807, 2.05) is 0 Å². The third-order valence-corrected chi connectivity index (χ3v) is 2.36. The molecule has 15 heavy (non-hydrogen) atoms. The second-order valence-corrected chi connectivity index (χ2v) is 3.68. The molecule has 0 fully saturated rings. The first kappa shape index (κ1) is 14.0. The number of halogens is 1. The average Bonchev–Trinajstić information content (AvgIpc) is 2.21. The van der Waals surface area contributed by atoms with Crippen LogP contribution in [0, 0.1) is 11.8 Å². The van der Waals surface area contributed by atoms with Crippen molar-refractivity contribution >= 4 is 5.97 Å². The lowest BCUT2D eigenvalue weighted by Crippen LogP contribution is -2.33. The van der Waals surface area contributed by atoms with Crippen molar-refractivity contribution in [3.05, 3.63) is 0 Å². The van der Waals surface area contributed by atoms with E-state index in [1.165, 1.54) is 0 Å². The van der Waals surface area contributed by atoms with Gasteiger partial charge in [-0.1, -0.05) is 32.1 Å². The van der Waals surface area contributed by atoms with Crippen LogP contribution in [0.1, 0.15) is 52.4 Å². The van der Waals surface area contributed by atoms with Gasteiger partial charge in [0.15, 0.2) is 0 Å². The molecule has 2 nitrogen and oxygen atoms in total. The van der Waals surface area contributed by atoms with Gasteiger partial charge in [-0.15, -0.1) is 5.92 Å². The van der Waals surface area contributed by atoms with Crippen molar-refractivity contribution in [3.8, 4) is 11.8 Å². The Hall–Kier alpha value is -1.04. The Bertz CT molecular complexity index is 252. The summed E-state index contributed by atoms with van der Waals surface area (Å²) in [7, 11) is 0. The molecule has 1 N–H and O–H groups in total. The molecular formula is C12H19FO2. The molecule has 3 heteroatoms. The first-order valence-electron chi connectivity index (χ1n) is 5.38. The molecule has 0 aliphatic rings. The smallest absolute Gasteiger partial charge is 0.342 e. The molecule has 0 aliphatic carbocycles. The minimum absolute atomic E-state index is 0.0665. The van der Waals surface area contributed by atoms with E-state index in [2.05, 4.69) is 18.8 Å². The normalized spacial score (nSPS) is 13.8. The van der Waals surface area contributed by atoms with Crippen LogP contribution in [0.5, 0.6) is 0 Å². The maximum Gasteiger partial charge on any atom is 0.342 e. The summed E-state index contributed by atoms with van der Waals surface area (Å²) in [6, 6.07) is 0. The van der Waals surface area contributed by atoms with Gasteiger partial charge in [-0.05, 0) is 19.8 Å². The summed E-state index contributed by atoms with van der Waals surface area (Å²) in [5.74, 6) is 3.64. The third kappa shape index (κ3) is 5.41. The van der Waals surface area contributed by atoms with Gasteiger partial charge in [0.1, 0.15) is 0 Å². The van der Waals surface area contributed by atoms with Crippen molar-refractivity contribution in [3.63, 3.8) is 0 Å². The summed E-state index contributed by atoms with van der Waals surface area (Å²) in [4.78, 5) is 10.7. The number of carboxylic acid groups (broad SMARTS) is 1. The van der Waals surface area contributed by atoms with E-state index in [9.17, 15) is 9.18 Å². The predicted molar refractivity (Wildman–Crippen MR) is 58.3 cm³/mol. The lowest BCUT2D eigenvalue weighted by molar-refractivity contribution is -0.151. The fourth-order valence-corrected chi connectivity index (χ4v) is 1.33. The second kappa shape index (κ2) is 7.28. The van der Waals surface area contributed by atoms with Gasteiger partial charge in [0.25, 0.3) is 0 Å². The molecule has 1 atom stereocenters. The quantitative estimate of drug-likeness (QED) is 0.522. The highest BCUT2D eigenvalue weighted by molar-refractivity contribution is 5.77. The molecule has 86 valence electrons. The van der Waals surface area contributed by atoms with Gasteiger partial charge < -0.3 is 5.11 Å². The van der Waals surface area contributed by atoms with Gasteiger partial charge in [-0.25, -0.2) is 9.18 Å². The molecule has 0 amide bonds. The molecular weight excluding hydrogens is 195 g/mol. The van der Waals surface area contributed by atoms with Gasteiger partial charge in [-0.2, -0.15) is 0 Å². The van der Waals surface area contributed by atoms with Gasteiger partial charge in [0, 0.05) is 0 Å². The number of aliphatic carboxylic acids is 1. The van der Waals surface area contributed by atoms with Crippen molar-refractivity contribution < 1.29 is 14.3 Å². The van der Waals surface area contributed by atoms with Crippen LogP contribution in [0.3, 0.4) is 0 Å². The van der Waals surface area contributed by atoms with E-state index in [1.54, 1.807) is 6.92 Å². The lowest BCUT2D eigenvalue weighted by atomic mass is 9.94. The van der Waals surface area contributed by atoms with E-state index >= 15 is 0 Å². The third-order valence-electron chi connectivity index (χ3n) is 2.36. The van der Waals surface area contributed by atoms with Crippen LogP contribution >= 0.6 is 0 Å². The lowest BCUT2D eigenvalue weighted by Gasteiger charge is -2.17. The van der Waals surface area contributed by atoms with E-state index in [0.717, 1.165) is 19.3 Å². The maximum absolute atomic E-state index is 13.8. The van der Waals surface area contributed by atoms with Crippen molar-refractivity contribution in [2.75, 3.05) is 0 Å². The number of alkyl halides is 1. The van der Waals surface area contributed by atoms with Crippen LogP contribution < -0.4 is 0 Å². The number of hydrogen-bond acceptors (Lipinski definition) is 1. The molecule has 0 spiro atoms. The fraction of sp³-hybridized carbons (Fsp3) is 0.750. The van der Waals surface area contributed by atoms with Crippen molar-refractivity contribution in [1.82, 2.24) is 0 Å². The maximum atomic E-state index is 13.8. The van der Waals surface area contributed by atoms with E-state index in [0.29, 0.717) is 6.42 Å². The molecule has 0 aromatic heterocycles. The number of carbonyl (C=O) groups is 1. The molecule has 0 heterocycles. The number of unbranched alkanes of at least 4 members (excludes halogenated alkanes) is 3. The van der Waals surface area contributed by atoms with Gasteiger partial charge in [-0.3, -0.25) is 0 Å². The Morgan fingerprint density at radius 1 is 1.40 bits per heavy atom. The summed E-state index contributed by atoms with van der Waals surface area (Å²) in [6.45, 7) is 3.64. The Kier molecular flexibility index (Phi) is 6.77. The minimum Gasteiger partial charge on any atom is -0.479 e. The van der Waals surface area contributed by atoms with Crippen LogP contribution in [0.25, 0.3) is 0 Å². The summed E-state index contributed by atoms with van der Waals surface area (Å²) >= 11 is 0. The molecule has 0 saturated carbocycles. The molecule has 0 saturated heterocycles. The highest BCUT2D eigenvalue weighted by atomic mass is 19.1. The minimum atomic E-state index is -2.16. The summed E-state index contributed by atoms with van der Waals surface area (Å²) < 4.78 is 13.8. The van der Waals surface area contributed by atoms with Crippen LogP contribution in [0.2, 0.25) is 0 Å². The number of hydrogen-bond donors (Lipinski definition) is 1. The van der Waals surface area contributed by atoms with Gasteiger partial charge >= 0.3 is 5.97 Å². The monoisotopic (exact) mass is 214 g/mol. The van der Waals surface area contributed by atoms with Crippen molar-refractivity contribution in [2.24, 2.45) is 0 Å². The van der Waals surface area contributed by atoms with E-state index < -0.39 is 11.6 Å². The standard InChI is InChI=1S/C12H19FO2/c1-3-5-7-8-10-12(13,11(14)15)9-6-4-2/h3,5,7-10H2,1-2H3,(H,14,15). The molecule has 0 aromatic rings. The highest BCUT2D eigenvalue weighted by Crippen LogP contribution is 2.24. The zero-order valence-corrected chi connectivity index (χ0v) is 9.48. The molecule has 0 radical (unpaired) electrons. The Balaban J connectivity index is 4.11. The van der Waals surface area contributed by atoms with Crippen molar-refractivity contribution in [1.29, 1.82) is 0 Å². The molecule has 0 aliphatic heterocycles. The van der Waals surface area contributed by atoms with Crippen molar-refractivity contribution in [2.45, 2.75) is 58.0 Å². The van der Waals surface area contributed by atoms with Gasteiger partial charge in [0.05, 0.1) is 6.42 Å². The van der Waals surface area contributed by atoms with Crippen LogP contribution in [-0.2, 0) is 4.79 Å². The predicted octanol–water partition coefficient (Wildman–Crippen LogP) is 3.16. The summed E-state index contributed by atoms with van der Waals surface area (Å²) in [5.41, 5.74) is -2.16. The second-order valence-electron chi connectivity index (χ2n) is 3.68. The molecule has 1 unspecified atom stereocenters. The Labute approximate surface area is 90.9 Å². The van der Waals surface area contributed by atoms with E-state index in [-0.39, 0.29) is 12.8 Å². The average molecular weight is 214 g/mol. The Morgan fingerprint density at radius 3 is 2.53 bits per heavy atom. The van der Waals surface area contributed by atoms with Crippen LogP contribution in [0.15, 0.2) is 0 Å².